The van der Waals surface area contributed by atoms with E-state index in [-0.39, 0.29) is 0 Å². The molecule has 2 aromatic rings. The highest BCUT2D eigenvalue weighted by molar-refractivity contribution is 5.74. The minimum absolute atomic E-state index is 0.826. The number of para-hydroxylation sites is 2. The zero-order chi connectivity index (χ0) is 13.8. The van der Waals surface area contributed by atoms with Crippen molar-refractivity contribution in [1.29, 1.82) is 0 Å². The molecule has 1 aromatic carbocycles. The Hall–Kier alpha value is -1.74. The van der Waals surface area contributed by atoms with E-state index in [1.165, 1.54) is 5.57 Å². The minimum atomic E-state index is 0.826. The zero-order valence-electron chi connectivity index (χ0n) is 12.0. The maximum atomic E-state index is 4.74. The topological polar surface area (TPSA) is 29.0 Å². The summed E-state index contributed by atoms with van der Waals surface area (Å²) in [5, 5.41) is 0. The second-order valence-corrected chi connectivity index (χ2v) is 5.00. The molecule has 1 heterocycles. The molecule has 0 saturated heterocycles. The molecule has 0 radical (unpaired) electrons. The molecule has 0 aliphatic heterocycles. The lowest BCUT2D eigenvalue weighted by molar-refractivity contribution is 0.300. The van der Waals surface area contributed by atoms with Crippen LogP contribution in [0.1, 0.15) is 25.2 Å². The van der Waals surface area contributed by atoms with Gasteiger partial charge in [-0.3, -0.25) is 4.90 Å². The van der Waals surface area contributed by atoms with Crippen LogP contribution in [0, 0.1) is 6.92 Å². The average molecular weight is 255 g/mol. The van der Waals surface area contributed by atoms with Crippen LogP contribution in [0.5, 0.6) is 0 Å². The largest absolute Gasteiger partial charge is 0.294 e. The fourth-order valence-corrected chi connectivity index (χ4v) is 2.15. The maximum Gasteiger partial charge on any atom is 0.0890 e. The van der Waals surface area contributed by atoms with Gasteiger partial charge in [-0.15, -0.1) is 0 Å². The van der Waals surface area contributed by atoms with Gasteiger partial charge in [0, 0.05) is 13.1 Å². The maximum absolute atomic E-state index is 4.74. The molecule has 0 atom stereocenters. The van der Waals surface area contributed by atoms with Crippen molar-refractivity contribution in [1.82, 2.24) is 14.9 Å². The Morgan fingerprint density at radius 2 is 1.84 bits per heavy atom. The Kier molecular flexibility index (Phi) is 4.27. The molecule has 19 heavy (non-hydrogen) atoms. The van der Waals surface area contributed by atoms with Crippen molar-refractivity contribution in [2.45, 2.75) is 27.3 Å². The SMILES string of the molecule is C=C(C)CN(CC)Cc1nc2ccccc2nc1C. The van der Waals surface area contributed by atoms with Gasteiger partial charge in [0.2, 0.25) is 0 Å². The molecule has 0 bridgehead atoms. The van der Waals surface area contributed by atoms with Crippen LogP contribution in [0.25, 0.3) is 11.0 Å². The summed E-state index contributed by atoms with van der Waals surface area (Å²) < 4.78 is 0. The summed E-state index contributed by atoms with van der Waals surface area (Å²) in [5.74, 6) is 0. The van der Waals surface area contributed by atoms with Crippen molar-refractivity contribution in [2.24, 2.45) is 0 Å². The lowest BCUT2D eigenvalue weighted by Crippen LogP contribution is -2.25. The zero-order valence-corrected chi connectivity index (χ0v) is 12.0. The van der Waals surface area contributed by atoms with Crippen molar-refractivity contribution in [3.63, 3.8) is 0 Å². The van der Waals surface area contributed by atoms with Gasteiger partial charge in [-0.05, 0) is 32.5 Å². The number of hydrogen-bond acceptors (Lipinski definition) is 3. The van der Waals surface area contributed by atoms with Crippen LogP contribution >= 0.6 is 0 Å². The van der Waals surface area contributed by atoms with Gasteiger partial charge in [-0.25, -0.2) is 9.97 Å². The monoisotopic (exact) mass is 255 g/mol. The number of rotatable bonds is 5. The third-order valence-electron chi connectivity index (χ3n) is 3.16. The molecule has 0 aliphatic rings. The summed E-state index contributed by atoms with van der Waals surface area (Å²) in [6.07, 6.45) is 0. The third-order valence-corrected chi connectivity index (χ3v) is 3.16. The fourth-order valence-electron chi connectivity index (χ4n) is 2.15. The van der Waals surface area contributed by atoms with E-state index in [2.05, 4.69) is 30.3 Å². The van der Waals surface area contributed by atoms with Crippen molar-refractivity contribution < 1.29 is 0 Å². The molecule has 3 nitrogen and oxygen atoms in total. The summed E-state index contributed by atoms with van der Waals surface area (Å²) in [5.41, 5.74) is 5.18. The smallest absolute Gasteiger partial charge is 0.0890 e. The summed E-state index contributed by atoms with van der Waals surface area (Å²) in [7, 11) is 0. The lowest BCUT2D eigenvalue weighted by atomic mass is 10.2. The third kappa shape index (κ3) is 3.38. The molecular formula is C16H21N3. The molecule has 0 amide bonds. The molecule has 3 heteroatoms. The molecule has 0 unspecified atom stereocenters. The van der Waals surface area contributed by atoms with Crippen molar-refractivity contribution in [2.75, 3.05) is 13.1 Å². The normalized spacial score (nSPS) is 11.2. The molecule has 0 aliphatic carbocycles. The quantitative estimate of drug-likeness (QED) is 0.767. The molecule has 2 rings (SSSR count). The fraction of sp³-hybridized carbons (Fsp3) is 0.375. The van der Waals surface area contributed by atoms with E-state index in [9.17, 15) is 0 Å². The van der Waals surface area contributed by atoms with Crippen LogP contribution < -0.4 is 0 Å². The van der Waals surface area contributed by atoms with Crippen molar-refractivity contribution in [3.8, 4) is 0 Å². The molecule has 0 fully saturated rings. The number of aryl methyl sites for hydroxylation is 1. The van der Waals surface area contributed by atoms with E-state index in [1.54, 1.807) is 0 Å². The predicted octanol–water partition coefficient (Wildman–Crippen LogP) is 3.34. The van der Waals surface area contributed by atoms with E-state index < -0.39 is 0 Å². The summed E-state index contributed by atoms with van der Waals surface area (Å²) in [6, 6.07) is 8.02. The van der Waals surface area contributed by atoms with Gasteiger partial charge in [0.15, 0.2) is 0 Å². The van der Waals surface area contributed by atoms with Gasteiger partial charge < -0.3 is 0 Å². The number of hydrogen-bond donors (Lipinski definition) is 0. The van der Waals surface area contributed by atoms with Crippen LogP contribution in [0.4, 0.5) is 0 Å². The Morgan fingerprint density at radius 1 is 1.21 bits per heavy atom. The molecule has 0 spiro atoms. The van der Waals surface area contributed by atoms with Crippen LogP contribution in [0.3, 0.4) is 0 Å². The molecule has 0 saturated carbocycles. The Labute approximate surface area is 115 Å². The highest BCUT2D eigenvalue weighted by Gasteiger charge is 2.09. The molecule has 100 valence electrons. The summed E-state index contributed by atoms with van der Waals surface area (Å²) in [4.78, 5) is 11.7. The molecule has 1 aromatic heterocycles. The first kappa shape index (κ1) is 13.7. The number of nitrogens with zero attached hydrogens (tertiary/aromatic N) is 3. The Balaban J connectivity index is 2.28. The van der Waals surface area contributed by atoms with Gasteiger partial charge in [-0.2, -0.15) is 0 Å². The molecular weight excluding hydrogens is 234 g/mol. The number of fused-ring (bicyclic) bond motifs is 1. The van der Waals surface area contributed by atoms with Crippen LogP contribution in [0.15, 0.2) is 36.4 Å². The highest BCUT2D eigenvalue weighted by Crippen LogP contribution is 2.14. The van der Waals surface area contributed by atoms with Crippen LogP contribution in [-0.4, -0.2) is 28.0 Å². The first-order valence-electron chi connectivity index (χ1n) is 6.69. The first-order valence-corrected chi connectivity index (χ1v) is 6.69. The lowest BCUT2D eigenvalue weighted by Gasteiger charge is -2.20. The highest BCUT2D eigenvalue weighted by atomic mass is 15.1. The van der Waals surface area contributed by atoms with E-state index in [0.717, 1.165) is 42.1 Å². The second-order valence-electron chi connectivity index (χ2n) is 5.00. The van der Waals surface area contributed by atoms with Gasteiger partial charge in [0.1, 0.15) is 0 Å². The van der Waals surface area contributed by atoms with Crippen molar-refractivity contribution in [3.05, 3.63) is 47.8 Å². The minimum Gasteiger partial charge on any atom is -0.294 e. The van der Waals surface area contributed by atoms with E-state index >= 15 is 0 Å². The van der Waals surface area contributed by atoms with Gasteiger partial charge >= 0.3 is 0 Å². The Morgan fingerprint density at radius 3 is 2.42 bits per heavy atom. The van der Waals surface area contributed by atoms with E-state index in [4.69, 9.17) is 4.98 Å². The van der Waals surface area contributed by atoms with Gasteiger partial charge in [0.05, 0.1) is 22.4 Å². The summed E-state index contributed by atoms with van der Waals surface area (Å²) in [6.45, 7) is 12.9. The Bertz CT molecular complexity index is 590. The average Bonchev–Trinajstić information content (AvgIpc) is 2.38. The summed E-state index contributed by atoms with van der Waals surface area (Å²) >= 11 is 0. The number of likely N-dealkylation sites (N-methyl/N-ethyl adjacent to an activating group) is 1. The second kappa shape index (κ2) is 5.93. The number of benzene rings is 1. The van der Waals surface area contributed by atoms with E-state index in [0.29, 0.717) is 0 Å². The van der Waals surface area contributed by atoms with Crippen molar-refractivity contribution >= 4 is 11.0 Å². The standard InChI is InChI=1S/C16H21N3/c1-5-19(10-12(2)3)11-16-13(4)17-14-8-6-7-9-15(14)18-16/h6-9H,2,5,10-11H2,1,3-4H3. The molecule has 0 N–H and O–H groups in total. The predicted molar refractivity (Wildman–Crippen MR) is 80.0 cm³/mol. The van der Waals surface area contributed by atoms with Crippen LogP contribution in [0.2, 0.25) is 0 Å². The van der Waals surface area contributed by atoms with Crippen LogP contribution in [-0.2, 0) is 6.54 Å². The van der Waals surface area contributed by atoms with Gasteiger partial charge in [-0.1, -0.05) is 31.2 Å². The number of aromatic nitrogens is 2. The first-order chi connectivity index (χ1) is 9.10. The van der Waals surface area contributed by atoms with Gasteiger partial charge in [0.25, 0.3) is 0 Å². The van der Waals surface area contributed by atoms with E-state index in [1.807, 2.05) is 31.2 Å².